The summed E-state index contributed by atoms with van der Waals surface area (Å²) in [7, 11) is 0. The van der Waals surface area contributed by atoms with Crippen molar-refractivity contribution < 1.29 is 4.79 Å². The number of aryl methyl sites for hydroxylation is 2. The van der Waals surface area contributed by atoms with Gasteiger partial charge < -0.3 is 0 Å². The summed E-state index contributed by atoms with van der Waals surface area (Å²) >= 11 is 0. The Bertz CT molecular complexity index is 785. The zero-order chi connectivity index (χ0) is 14.8. The fourth-order valence-electron chi connectivity index (χ4n) is 2.35. The Kier molecular flexibility index (Phi) is 3.40. The maximum Gasteiger partial charge on any atom is 0.153 e. The second-order valence-corrected chi connectivity index (χ2v) is 5.15. The first-order chi connectivity index (χ1) is 10.2. The molecular weight excluding hydrogens is 260 g/mol. The Hall–Kier alpha value is -2.68. The van der Waals surface area contributed by atoms with Crippen LogP contribution >= 0.6 is 0 Å². The largest absolute Gasteiger partial charge is 0.298 e. The predicted octanol–water partition coefficient (Wildman–Crippen LogP) is 3.97. The van der Waals surface area contributed by atoms with Crippen LogP contribution < -0.4 is 0 Å². The Morgan fingerprint density at radius 1 is 1.00 bits per heavy atom. The summed E-state index contributed by atoms with van der Waals surface area (Å²) in [5.74, 6) is 0. The summed E-state index contributed by atoms with van der Waals surface area (Å²) in [5.41, 5.74) is 5.57. The molecule has 0 saturated heterocycles. The van der Waals surface area contributed by atoms with Crippen molar-refractivity contribution in [3.05, 3.63) is 71.4 Å². The molecule has 0 N–H and O–H groups in total. The van der Waals surface area contributed by atoms with Gasteiger partial charge in [-0.1, -0.05) is 42.0 Å². The van der Waals surface area contributed by atoms with Crippen molar-refractivity contribution in [3.8, 4) is 16.9 Å². The van der Waals surface area contributed by atoms with Crippen LogP contribution in [0.1, 0.15) is 21.5 Å². The predicted molar refractivity (Wildman–Crippen MR) is 83.9 cm³/mol. The van der Waals surface area contributed by atoms with E-state index in [1.165, 1.54) is 5.56 Å². The molecule has 0 spiro atoms. The van der Waals surface area contributed by atoms with Gasteiger partial charge in [0.05, 0.1) is 11.3 Å². The van der Waals surface area contributed by atoms with Crippen molar-refractivity contribution in [1.82, 2.24) is 9.78 Å². The van der Waals surface area contributed by atoms with E-state index in [2.05, 4.69) is 5.10 Å². The van der Waals surface area contributed by atoms with E-state index < -0.39 is 0 Å². The van der Waals surface area contributed by atoms with E-state index in [9.17, 15) is 4.79 Å². The molecule has 1 aromatic heterocycles. The molecule has 0 saturated carbocycles. The summed E-state index contributed by atoms with van der Waals surface area (Å²) in [6.45, 7) is 4.07. The minimum Gasteiger partial charge on any atom is -0.298 e. The lowest BCUT2D eigenvalue weighted by Crippen LogP contribution is -1.95. The van der Waals surface area contributed by atoms with Gasteiger partial charge in [0.15, 0.2) is 6.29 Å². The Morgan fingerprint density at radius 3 is 2.38 bits per heavy atom. The summed E-state index contributed by atoms with van der Waals surface area (Å²) in [6, 6.07) is 16.0. The van der Waals surface area contributed by atoms with Crippen LogP contribution in [-0.4, -0.2) is 16.1 Å². The SMILES string of the molecule is Cc1ccc(-n2cc(C=O)c(-c3ccccc3C)n2)cc1. The molecule has 0 aliphatic rings. The molecule has 1 heterocycles. The molecular formula is C18H16N2O. The van der Waals surface area contributed by atoms with E-state index in [1.54, 1.807) is 10.9 Å². The highest BCUT2D eigenvalue weighted by Gasteiger charge is 2.13. The number of carbonyl (C=O) groups is 1. The molecule has 21 heavy (non-hydrogen) atoms. The fourth-order valence-corrected chi connectivity index (χ4v) is 2.35. The Labute approximate surface area is 123 Å². The highest BCUT2D eigenvalue weighted by atomic mass is 16.1. The number of nitrogens with zero attached hydrogens (tertiary/aromatic N) is 2. The third kappa shape index (κ3) is 2.50. The molecule has 3 rings (SSSR count). The van der Waals surface area contributed by atoms with Gasteiger partial charge in [-0.05, 0) is 31.5 Å². The smallest absolute Gasteiger partial charge is 0.153 e. The number of hydrogen-bond acceptors (Lipinski definition) is 2. The van der Waals surface area contributed by atoms with Crippen molar-refractivity contribution in [3.63, 3.8) is 0 Å². The van der Waals surface area contributed by atoms with E-state index >= 15 is 0 Å². The normalized spacial score (nSPS) is 10.6. The van der Waals surface area contributed by atoms with Gasteiger partial charge in [-0.15, -0.1) is 0 Å². The average Bonchev–Trinajstić information content (AvgIpc) is 2.92. The van der Waals surface area contributed by atoms with Crippen LogP contribution in [0.15, 0.2) is 54.7 Å². The molecule has 0 aliphatic carbocycles. The number of benzene rings is 2. The molecule has 0 bridgehead atoms. The molecule has 0 radical (unpaired) electrons. The summed E-state index contributed by atoms with van der Waals surface area (Å²) < 4.78 is 1.75. The summed E-state index contributed by atoms with van der Waals surface area (Å²) in [4.78, 5) is 11.4. The van der Waals surface area contributed by atoms with Crippen molar-refractivity contribution in [1.29, 1.82) is 0 Å². The van der Waals surface area contributed by atoms with Gasteiger partial charge in [-0.2, -0.15) is 5.10 Å². The average molecular weight is 276 g/mol. The molecule has 104 valence electrons. The van der Waals surface area contributed by atoms with Crippen LogP contribution in [0.2, 0.25) is 0 Å². The van der Waals surface area contributed by atoms with E-state index in [-0.39, 0.29) is 0 Å². The quantitative estimate of drug-likeness (QED) is 0.678. The first-order valence-electron chi connectivity index (χ1n) is 6.87. The maximum atomic E-state index is 11.4. The van der Waals surface area contributed by atoms with Gasteiger partial charge in [-0.25, -0.2) is 4.68 Å². The summed E-state index contributed by atoms with van der Waals surface area (Å²) in [5, 5.41) is 4.60. The van der Waals surface area contributed by atoms with Crippen molar-refractivity contribution in [2.24, 2.45) is 0 Å². The van der Waals surface area contributed by atoms with Crippen LogP contribution in [0.25, 0.3) is 16.9 Å². The Morgan fingerprint density at radius 2 is 1.71 bits per heavy atom. The highest BCUT2D eigenvalue weighted by Crippen LogP contribution is 2.25. The van der Waals surface area contributed by atoms with Crippen LogP contribution in [-0.2, 0) is 0 Å². The lowest BCUT2D eigenvalue weighted by Gasteiger charge is -2.03. The third-order valence-corrected chi connectivity index (χ3v) is 3.57. The molecule has 3 heteroatoms. The zero-order valence-corrected chi connectivity index (χ0v) is 12.1. The van der Waals surface area contributed by atoms with Gasteiger partial charge in [0.1, 0.15) is 5.69 Å². The minimum absolute atomic E-state index is 0.602. The van der Waals surface area contributed by atoms with Crippen LogP contribution in [0.3, 0.4) is 0 Å². The van der Waals surface area contributed by atoms with Crippen LogP contribution in [0.4, 0.5) is 0 Å². The highest BCUT2D eigenvalue weighted by molar-refractivity contribution is 5.86. The number of hydrogen-bond donors (Lipinski definition) is 0. The molecule has 0 aliphatic heterocycles. The lowest BCUT2D eigenvalue weighted by atomic mass is 10.0. The summed E-state index contributed by atoms with van der Waals surface area (Å²) in [6.07, 6.45) is 2.64. The second-order valence-electron chi connectivity index (χ2n) is 5.15. The van der Waals surface area contributed by atoms with Crippen LogP contribution in [0.5, 0.6) is 0 Å². The standard InChI is InChI=1S/C18H16N2O/c1-13-7-9-16(10-8-13)20-11-15(12-21)18(19-20)17-6-4-3-5-14(17)2/h3-12H,1-2H3. The van der Waals surface area contributed by atoms with Crippen molar-refractivity contribution in [2.75, 3.05) is 0 Å². The van der Waals surface area contributed by atoms with E-state index in [4.69, 9.17) is 0 Å². The van der Waals surface area contributed by atoms with Crippen molar-refractivity contribution in [2.45, 2.75) is 13.8 Å². The van der Waals surface area contributed by atoms with E-state index in [1.807, 2.05) is 62.4 Å². The number of aldehydes is 1. The van der Waals surface area contributed by atoms with Gasteiger partial charge in [0.25, 0.3) is 0 Å². The molecule has 0 amide bonds. The minimum atomic E-state index is 0.602. The monoisotopic (exact) mass is 276 g/mol. The molecule has 2 aromatic carbocycles. The zero-order valence-electron chi connectivity index (χ0n) is 12.1. The third-order valence-electron chi connectivity index (χ3n) is 3.57. The molecule has 3 aromatic rings. The molecule has 0 unspecified atom stereocenters. The molecule has 0 atom stereocenters. The fraction of sp³-hybridized carbons (Fsp3) is 0.111. The molecule has 0 fully saturated rings. The van der Waals surface area contributed by atoms with Gasteiger partial charge in [-0.3, -0.25) is 4.79 Å². The first-order valence-corrected chi connectivity index (χ1v) is 6.87. The van der Waals surface area contributed by atoms with Crippen molar-refractivity contribution >= 4 is 6.29 Å². The number of aromatic nitrogens is 2. The lowest BCUT2D eigenvalue weighted by molar-refractivity contribution is 0.112. The van der Waals surface area contributed by atoms with E-state index in [0.717, 1.165) is 28.8 Å². The topological polar surface area (TPSA) is 34.9 Å². The molecule has 3 nitrogen and oxygen atoms in total. The van der Waals surface area contributed by atoms with Gasteiger partial charge in [0, 0.05) is 11.8 Å². The second kappa shape index (κ2) is 5.37. The Balaban J connectivity index is 2.13. The maximum absolute atomic E-state index is 11.4. The first kappa shape index (κ1) is 13.3. The van der Waals surface area contributed by atoms with Crippen LogP contribution in [0, 0.1) is 13.8 Å². The van der Waals surface area contributed by atoms with Gasteiger partial charge in [0.2, 0.25) is 0 Å². The van der Waals surface area contributed by atoms with E-state index in [0.29, 0.717) is 5.56 Å². The van der Waals surface area contributed by atoms with Gasteiger partial charge >= 0.3 is 0 Å². The number of carbonyl (C=O) groups excluding carboxylic acids is 1. The number of rotatable bonds is 3.